The third kappa shape index (κ3) is 9.61. The summed E-state index contributed by atoms with van der Waals surface area (Å²) in [4.78, 5) is 13.4. The number of carbonyl (C=O) groups is 1. The Labute approximate surface area is 244 Å². The molecule has 3 rings (SSSR count). The molecule has 1 aliphatic rings. The van der Waals surface area contributed by atoms with Gasteiger partial charge in [-0.3, -0.25) is 0 Å². The summed E-state index contributed by atoms with van der Waals surface area (Å²) in [6.45, 7) is 9.03. The Kier molecular flexibility index (Phi) is 14.6. The van der Waals surface area contributed by atoms with Gasteiger partial charge in [-0.1, -0.05) is 0 Å². The van der Waals surface area contributed by atoms with Crippen LogP contribution in [0.15, 0.2) is 48.2 Å². The molecule has 7 heteroatoms. The third-order valence-electron chi connectivity index (χ3n) is 7.59. The first-order chi connectivity index (χ1) is 19.6. The first-order valence-corrected chi connectivity index (χ1v) is 22.6. The maximum absolute atomic E-state index is 13.4. The molecule has 0 saturated carbocycles. The number of Topliss-reactive ketones (excluding diaryl/α,β-unsaturated/α-hetero) is 1. The number of carbonyl (C=O) groups excluding carboxylic acids is 1. The van der Waals surface area contributed by atoms with E-state index in [9.17, 15) is 4.79 Å². The van der Waals surface area contributed by atoms with Gasteiger partial charge in [0, 0.05) is 0 Å². The van der Waals surface area contributed by atoms with Crippen LogP contribution in [0.3, 0.4) is 0 Å². The first-order valence-electron chi connectivity index (χ1n) is 15.1. The molecule has 220 valence electrons. The van der Waals surface area contributed by atoms with Crippen molar-refractivity contribution in [1.82, 2.24) is 0 Å². The zero-order valence-corrected chi connectivity index (χ0v) is 27.6. The number of hydrogen-bond donors (Lipinski definition) is 1. The van der Waals surface area contributed by atoms with Gasteiger partial charge >= 0.3 is 198 Å². The second-order valence-corrected chi connectivity index (χ2v) is 23.8. The standard InChI is InChI=1S/C21H21O6.3C4H9.Sn/c22-9-10-24-11-12-25-13-14-26-17-7-5-16(6-8-17)15-20-21(23)18-3-1-2-4-19(18)27-20;3*1-3-4-2;/h2-8,15,22H,9-14H2;3*1,3-4H2,2H3;/b20-15-;;;;. The van der Waals surface area contributed by atoms with Crippen molar-refractivity contribution in [2.45, 2.75) is 72.6 Å². The number of allylic oxidation sites excluding steroid dienone is 1. The second-order valence-electron chi connectivity index (χ2n) is 10.6. The number of aliphatic hydroxyl groups excluding tert-OH is 1. The van der Waals surface area contributed by atoms with E-state index in [1.807, 2.05) is 30.3 Å². The number of ether oxygens (including phenoxy) is 4. The average molecular weight is 659 g/mol. The Balaban J connectivity index is 1.65. The predicted molar refractivity (Wildman–Crippen MR) is 165 cm³/mol. The van der Waals surface area contributed by atoms with Crippen LogP contribution < -0.4 is 13.1 Å². The summed E-state index contributed by atoms with van der Waals surface area (Å²) in [6, 6.07) is 14.2. The summed E-state index contributed by atoms with van der Waals surface area (Å²) in [5.74, 6) is 1.79. The Hall–Kier alpha value is -1.87. The molecule has 40 heavy (non-hydrogen) atoms. The molecule has 0 aliphatic carbocycles. The predicted octanol–water partition coefficient (Wildman–Crippen LogP) is 6.76. The maximum atomic E-state index is 13.4. The number of hydrogen-bond acceptors (Lipinski definition) is 6. The molecule has 0 spiro atoms. The molecule has 2 aromatic rings. The number of ketones is 1. The molecule has 0 saturated heterocycles. The molecule has 0 fully saturated rings. The molecular weight excluding hydrogens is 611 g/mol. The van der Waals surface area contributed by atoms with Crippen LogP contribution in [-0.4, -0.2) is 68.9 Å². The molecule has 6 nitrogen and oxygen atoms in total. The summed E-state index contributed by atoms with van der Waals surface area (Å²) < 4.78 is 28.0. The van der Waals surface area contributed by atoms with Crippen LogP contribution in [0.4, 0.5) is 0 Å². The molecule has 1 heterocycles. The minimum atomic E-state index is -2.63. The van der Waals surface area contributed by atoms with Crippen molar-refractivity contribution < 1.29 is 28.8 Å². The van der Waals surface area contributed by atoms with Gasteiger partial charge in [-0.05, 0) is 0 Å². The number of benzene rings is 2. The van der Waals surface area contributed by atoms with E-state index in [-0.39, 0.29) is 12.4 Å². The van der Waals surface area contributed by atoms with Crippen molar-refractivity contribution in [2.75, 3.05) is 39.6 Å². The second kappa shape index (κ2) is 17.8. The first kappa shape index (κ1) is 32.6. The van der Waals surface area contributed by atoms with Crippen LogP contribution in [-0.2, 0) is 9.47 Å². The van der Waals surface area contributed by atoms with Crippen LogP contribution in [0.5, 0.6) is 11.5 Å². The Morgan fingerprint density at radius 1 is 0.800 bits per heavy atom. The van der Waals surface area contributed by atoms with Gasteiger partial charge in [0.15, 0.2) is 0 Å². The van der Waals surface area contributed by atoms with Gasteiger partial charge < -0.3 is 14.6 Å². The summed E-state index contributed by atoms with van der Waals surface area (Å²) in [6.07, 6.45) is 9.40. The molecule has 0 atom stereocenters. The Bertz CT molecular complexity index is 1040. The van der Waals surface area contributed by atoms with Crippen LogP contribution in [0, 0.1) is 0 Å². The Morgan fingerprint density at radius 3 is 2.00 bits per heavy atom. The molecule has 2 aromatic carbocycles. The van der Waals surface area contributed by atoms with Gasteiger partial charge in [-0.25, -0.2) is 0 Å². The fourth-order valence-electron chi connectivity index (χ4n) is 5.29. The third-order valence-corrected chi connectivity index (χ3v) is 23.2. The Morgan fingerprint density at radius 2 is 1.40 bits per heavy atom. The van der Waals surface area contributed by atoms with E-state index >= 15 is 0 Å². The van der Waals surface area contributed by atoms with E-state index in [0.717, 1.165) is 16.9 Å². The number of rotatable bonds is 20. The van der Waals surface area contributed by atoms with Gasteiger partial charge in [0.25, 0.3) is 0 Å². The van der Waals surface area contributed by atoms with E-state index in [1.54, 1.807) is 0 Å². The summed E-state index contributed by atoms with van der Waals surface area (Å²) in [5.41, 5.74) is 1.62. The molecule has 0 radical (unpaired) electrons. The summed E-state index contributed by atoms with van der Waals surface area (Å²) in [7, 11) is 0. The topological polar surface area (TPSA) is 74.2 Å². The van der Waals surface area contributed by atoms with Crippen molar-refractivity contribution in [3.05, 3.63) is 59.4 Å². The number of aliphatic hydroxyl groups is 1. The van der Waals surface area contributed by atoms with Crippen LogP contribution in [0.1, 0.15) is 75.2 Å². The van der Waals surface area contributed by atoms with Crippen LogP contribution >= 0.6 is 0 Å². The van der Waals surface area contributed by atoms with Crippen molar-refractivity contribution in [3.63, 3.8) is 0 Å². The van der Waals surface area contributed by atoms with Gasteiger partial charge in [0.05, 0.1) is 33.0 Å². The zero-order valence-electron chi connectivity index (χ0n) is 24.7. The summed E-state index contributed by atoms with van der Waals surface area (Å²) in [5, 5.41) is 8.68. The molecular formula is C33H48O6Sn. The zero-order chi connectivity index (χ0) is 28.6. The fraction of sp³-hybridized carbons (Fsp3) is 0.545. The SMILES string of the molecule is CCC[CH2][Sn]([CH2]CCC)([CH2]CCC)[c]1ccc2c(c1)C(=O)/C(=C/c1ccc(OCCOCCOCCO)cc1)O2. The molecule has 0 amide bonds. The molecule has 0 aromatic heterocycles. The van der Waals surface area contributed by atoms with Crippen molar-refractivity contribution in [1.29, 1.82) is 0 Å². The van der Waals surface area contributed by atoms with Gasteiger partial charge in [-0.15, -0.1) is 0 Å². The van der Waals surface area contributed by atoms with Crippen molar-refractivity contribution in [3.8, 4) is 11.5 Å². The summed E-state index contributed by atoms with van der Waals surface area (Å²) >= 11 is -2.63. The van der Waals surface area contributed by atoms with Crippen LogP contribution in [0.2, 0.25) is 13.3 Å². The van der Waals surface area contributed by atoms with Crippen molar-refractivity contribution >= 4 is 33.8 Å². The van der Waals surface area contributed by atoms with Crippen molar-refractivity contribution in [2.24, 2.45) is 0 Å². The molecule has 1 aliphatic heterocycles. The van der Waals surface area contributed by atoms with Gasteiger partial charge in [-0.2, -0.15) is 0 Å². The van der Waals surface area contributed by atoms with E-state index in [1.165, 1.54) is 55.4 Å². The molecule has 0 unspecified atom stereocenters. The fourth-order valence-corrected chi connectivity index (χ4v) is 21.3. The molecule has 0 bridgehead atoms. The number of unbranched alkanes of at least 4 members (excludes halogenated alkanes) is 3. The monoisotopic (exact) mass is 660 g/mol. The van der Waals surface area contributed by atoms with Gasteiger partial charge in [0.2, 0.25) is 0 Å². The quantitative estimate of drug-likeness (QED) is 0.0963. The minimum absolute atomic E-state index is 0.0149. The van der Waals surface area contributed by atoms with E-state index in [4.69, 9.17) is 24.1 Å². The van der Waals surface area contributed by atoms with E-state index < -0.39 is 18.4 Å². The van der Waals surface area contributed by atoms with E-state index in [0.29, 0.717) is 44.5 Å². The van der Waals surface area contributed by atoms with E-state index in [2.05, 4.69) is 39.0 Å². The molecule has 1 N–H and O–H groups in total. The number of fused-ring (bicyclic) bond motifs is 1. The van der Waals surface area contributed by atoms with Crippen LogP contribution in [0.25, 0.3) is 6.08 Å². The van der Waals surface area contributed by atoms with Gasteiger partial charge in [0.1, 0.15) is 0 Å². The normalized spacial score (nSPS) is 14.0. The average Bonchev–Trinajstić information content (AvgIpc) is 3.29.